The largest absolute Gasteiger partial charge is 0.496 e. The van der Waals surface area contributed by atoms with Crippen LogP contribution >= 0.6 is 0 Å². The number of nitrogens with zero attached hydrogens (tertiary/aromatic N) is 2. The minimum Gasteiger partial charge on any atom is -0.496 e. The summed E-state index contributed by atoms with van der Waals surface area (Å²) in [5.74, 6) is 0.772. The molecule has 1 heterocycles. The number of methoxy groups -OCH3 is 1. The molecule has 0 unspecified atom stereocenters. The first-order valence-corrected chi connectivity index (χ1v) is 9.34. The van der Waals surface area contributed by atoms with Gasteiger partial charge in [-0.05, 0) is 48.9 Å². The van der Waals surface area contributed by atoms with Crippen LogP contribution in [0.5, 0.6) is 5.75 Å². The summed E-state index contributed by atoms with van der Waals surface area (Å²) in [6, 6.07) is 3.82. The summed E-state index contributed by atoms with van der Waals surface area (Å²) in [7, 11) is 1.59. The quantitative estimate of drug-likeness (QED) is 0.830. The predicted octanol–water partition coefficient (Wildman–Crippen LogP) is 3.42. The van der Waals surface area contributed by atoms with E-state index in [1.807, 2.05) is 35.8 Å². The molecule has 0 atom stereocenters. The zero-order valence-electron chi connectivity index (χ0n) is 17.0. The van der Waals surface area contributed by atoms with Crippen molar-refractivity contribution in [2.24, 2.45) is 5.41 Å². The molecule has 0 bridgehead atoms. The van der Waals surface area contributed by atoms with Gasteiger partial charge in [-0.25, -0.2) is 0 Å². The van der Waals surface area contributed by atoms with E-state index in [4.69, 9.17) is 4.74 Å². The van der Waals surface area contributed by atoms with E-state index >= 15 is 0 Å². The number of hydrogen-bond acceptors (Lipinski definition) is 3. The standard InChI is InChI=1S/C21H32N2O3/c1-15-12-17(18(26-6)13-16(15)2)20(25)23-9-7-8-22(10-11-23)19(24)14-21(3,4)5/h12-13H,7-11,14H2,1-6H3. The van der Waals surface area contributed by atoms with E-state index in [2.05, 4.69) is 20.8 Å². The number of carbonyl (C=O) groups is 2. The molecule has 26 heavy (non-hydrogen) atoms. The van der Waals surface area contributed by atoms with Crippen LogP contribution in [-0.2, 0) is 4.79 Å². The van der Waals surface area contributed by atoms with Crippen LogP contribution in [-0.4, -0.2) is 54.9 Å². The first-order valence-electron chi connectivity index (χ1n) is 9.34. The Balaban J connectivity index is 2.11. The Labute approximate surface area is 157 Å². The Morgan fingerprint density at radius 3 is 2.19 bits per heavy atom. The molecular formula is C21H32N2O3. The van der Waals surface area contributed by atoms with Crippen LogP contribution in [0.4, 0.5) is 0 Å². The van der Waals surface area contributed by atoms with Crippen molar-refractivity contribution in [2.75, 3.05) is 33.3 Å². The molecule has 1 aliphatic rings. The zero-order valence-corrected chi connectivity index (χ0v) is 17.0. The Morgan fingerprint density at radius 1 is 1.00 bits per heavy atom. The Hall–Kier alpha value is -2.04. The highest BCUT2D eigenvalue weighted by atomic mass is 16.5. The molecule has 2 rings (SSSR count). The van der Waals surface area contributed by atoms with Gasteiger partial charge in [0.05, 0.1) is 12.7 Å². The molecule has 0 radical (unpaired) electrons. The molecule has 5 nitrogen and oxygen atoms in total. The van der Waals surface area contributed by atoms with Gasteiger partial charge in [-0.3, -0.25) is 9.59 Å². The van der Waals surface area contributed by atoms with Crippen LogP contribution in [0, 0.1) is 19.3 Å². The first-order chi connectivity index (χ1) is 12.1. The Morgan fingerprint density at radius 2 is 1.58 bits per heavy atom. The SMILES string of the molecule is COc1cc(C)c(C)cc1C(=O)N1CCCN(C(=O)CC(C)(C)C)CC1. The van der Waals surface area contributed by atoms with Crippen molar-refractivity contribution in [3.8, 4) is 5.75 Å². The van der Waals surface area contributed by atoms with Crippen molar-refractivity contribution >= 4 is 11.8 Å². The lowest BCUT2D eigenvalue weighted by Gasteiger charge is -2.26. The fourth-order valence-electron chi connectivity index (χ4n) is 3.23. The van der Waals surface area contributed by atoms with Crippen molar-refractivity contribution in [1.82, 2.24) is 9.80 Å². The van der Waals surface area contributed by atoms with Crippen molar-refractivity contribution in [2.45, 2.75) is 47.5 Å². The monoisotopic (exact) mass is 360 g/mol. The van der Waals surface area contributed by atoms with Gasteiger partial charge in [-0.1, -0.05) is 20.8 Å². The van der Waals surface area contributed by atoms with Gasteiger partial charge in [-0.15, -0.1) is 0 Å². The number of rotatable bonds is 3. The lowest BCUT2D eigenvalue weighted by molar-refractivity contribution is -0.132. The third kappa shape index (κ3) is 4.99. The summed E-state index contributed by atoms with van der Waals surface area (Å²) in [6.07, 6.45) is 1.33. The van der Waals surface area contributed by atoms with E-state index in [1.54, 1.807) is 7.11 Å². The molecular weight excluding hydrogens is 328 g/mol. The Bertz CT molecular complexity index is 677. The van der Waals surface area contributed by atoms with Gasteiger partial charge in [0.15, 0.2) is 0 Å². The number of hydrogen-bond donors (Lipinski definition) is 0. The van der Waals surface area contributed by atoms with E-state index in [0.29, 0.717) is 43.9 Å². The average Bonchev–Trinajstić information content (AvgIpc) is 2.81. The van der Waals surface area contributed by atoms with Crippen molar-refractivity contribution in [1.29, 1.82) is 0 Å². The van der Waals surface area contributed by atoms with Crippen LogP contribution in [0.1, 0.15) is 55.1 Å². The second-order valence-corrected chi connectivity index (χ2v) is 8.40. The normalized spacial score (nSPS) is 15.6. The number of ether oxygens (including phenoxy) is 1. The van der Waals surface area contributed by atoms with Gasteiger partial charge in [0, 0.05) is 32.6 Å². The molecule has 2 amide bonds. The summed E-state index contributed by atoms with van der Waals surface area (Å²) in [5, 5.41) is 0. The molecule has 1 aromatic carbocycles. The molecule has 144 valence electrons. The number of carbonyl (C=O) groups excluding carboxylic acids is 2. The fourth-order valence-corrected chi connectivity index (χ4v) is 3.23. The van der Waals surface area contributed by atoms with Crippen molar-refractivity contribution in [3.05, 3.63) is 28.8 Å². The van der Waals surface area contributed by atoms with Gasteiger partial charge in [-0.2, -0.15) is 0 Å². The van der Waals surface area contributed by atoms with E-state index in [-0.39, 0.29) is 17.2 Å². The lowest BCUT2D eigenvalue weighted by Crippen LogP contribution is -2.38. The van der Waals surface area contributed by atoms with Crippen LogP contribution in [0.3, 0.4) is 0 Å². The third-order valence-corrected chi connectivity index (χ3v) is 4.86. The molecule has 5 heteroatoms. The van der Waals surface area contributed by atoms with Crippen LogP contribution in [0.15, 0.2) is 12.1 Å². The molecule has 0 N–H and O–H groups in total. The van der Waals surface area contributed by atoms with Crippen LogP contribution in [0.2, 0.25) is 0 Å². The minimum atomic E-state index is -0.0221. The maximum Gasteiger partial charge on any atom is 0.257 e. The highest BCUT2D eigenvalue weighted by molar-refractivity contribution is 5.97. The highest BCUT2D eigenvalue weighted by Gasteiger charge is 2.26. The van der Waals surface area contributed by atoms with E-state index in [9.17, 15) is 9.59 Å². The molecule has 1 saturated heterocycles. The summed E-state index contributed by atoms with van der Waals surface area (Å²) >= 11 is 0. The first kappa shape index (κ1) is 20.3. The topological polar surface area (TPSA) is 49.9 Å². The smallest absolute Gasteiger partial charge is 0.257 e. The summed E-state index contributed by atoms with van der Waals surface area (Å²) in [4.78, 5) is 29.3. The predicted molar refractivity (Wildman–Crippen MR) is 104 cm³/mol. The number of amides is 2. The Kier molecular flexibility index (Phi) is 6.32. The molecule has 1 aromatic rings. The van der Waals surface area contributed by atoms with E-state index in [1.165, 1.54) is 0 Å². The number of benzene rings is 1. The van der Waals surface area contributed by atoms with Gasteiger partial charge in [0.1, 0.15) is 5.75 Å². The van der Waals surface area contributed by atoms with Crippen molar-refractivity contribution < 1.29 is 14.3 Å². The molecule has 1 fully saturated rings. The molecule has 1 aliphatic heterocycles. The fraction of sp³-hybridized carbons (Fsp3) is 0.619. The van der Waals surface area contributed by atoms with Gasteiger partial charge < -0.3 is 14.5 Å². The second-order valence-electron chi connectivity index (χ2n) is 8.40. The van der Waals surface area contributed by atoms with Crippen LogP contribution in [0.25, 0.3) is 0 Å². The van der Waals surface area contributed by atoms with E-state index in [0.717, 1.165) is 17.5 Å². The minimum absolute atomic E-state index is 0.0185. The molecule has 0 aromatic heterocycles. The molecule has 0 saturated carbocycles. The summed E-state index contributed by atoms with van der Waals surface area (Å²) < 4.78 is 5.43. The maximum absolute atomic E-state index is 13.0. The molecule has 0 spiro atoms. The maximum atomic E-state index is 13.0. The van der Waals surface area contributed by atoms with Gasteiger partial charge in [0.25, 0.3) is 5.91 Å². The van der Waals surface area contributed by atoms with Crippen LogP contribution < -0.4 is 4.74 Å². The van der Waals surface area contributed by atoms with Gasteiger partial charge >= 0.3 is 0 Å². The average molecular weight is 360 g/mol. The number of aryl methyl sites for hydroxylation is 2. The van der Waals surface area contributed by atoms with Gasteiger partial charge in [0.2, 0.25) is 5.91 Å². The highest BCUT2D eigenvalue weighted by Crippen LogP contribution is 2.25. The summed E-state index contributed by atoms with van der Waals surface area (Å²) in [6.45, 7) is 12.8. The van der Waals surface area contributed by atoms with Crippen molar-refractivity contribution in [3.63, 3.8) is 0 Å². The lowest BCUT2D eigenvalue weighted by atomic mass is 9.91. The third-order valence-electron chi connectivity index (χ3n) is 4.86. The summed E-state index contributed by atoms with van der Waals surface area (Å²) in [5.41, 5.74) is 2.76. The zero-order chi connectivity index (χ0) is 19.5. The second kappa shape index (κ2) is 8.11. The molecule has 0 aliphatic carbocycles. The van der Waals surface area contributed by atoms with E-state index < -0.39 is 0 Å².